The van der Waals surface area contributed by atoms with Crippen LogP contribution in [0.1, 0.15) is 10.6 Å². The van der Waals surface area contributed by atoms with Crippen molar-refractivity contribution in [1.29, 1.82) is 0 Å². The molecule has 2 N–H and O–H groups in total. The Labute approximate surface area is 169 Å². The van der Waals surface area contributed by atoms with E-state index in [-0.39, 0.29) is 11.2 Å². The van der Waals surface area contributed by atoms with Crippen molar-refractivity contribution < 1.29 is 13.9 Å². The van der Waals surface area contributed by atoms with Crippen LogP contribution in [0.3, 0.4) is 0 Å². The second-order valence-electron chi connectivity index (χ2n) is 6.61. The lowest BCUT2D eigenvalue weighted by molar-refractivity contribution is 0.0997. The minimum absolute atomic E-state index is 0.0711. The van der Waals surface area contributed by atoms with Gasteiger partial charge in [-0.1, -0.05) is 18.2 Å². The Balaban J connectivity index is 1.34. The Bertz CT molecular complexity index is 1430. The first kappa shape index (κ1) is 17.7. The second kappa shape index (κ2) is 7.21. The molecule has 0 aliphatic rings. The number of benzene rings is 2. The topological polar surface area (TPSA) is 97.2 Å². The highest BCUT2D eigenvalue weighted by atomic mass is 16.5. The number of para-hydroxylation sites is 1. The molecule has 1 amide bonds. The van der Waals surface area contributed by atoms with Gasteiger partial charge in [0.05, 0.1) is 17.3 Å². The molecule has 0 radical (unpaired) electrons. The van der Waals surface area contributed by atoms with Gasteiger partial charge in [-0.25, -0.2) is 4.98 Å². The smallest absolute Gasteiger partial charge is 0.291 e. The molecule has 3 aromatic heterocycles. The molecule has 5 rings (SSSR count). The van der Waals surface area contributed by atoms with E-state index >= 15 is 0 Å². The maximum Gasteiger partial charge on any atom is 0.291 e. The predicted molar refractivity (Wildman–Crippen MR) is 113 cm³/mol. The molecule has 0 unspecified atom stereocenters. The van der Waals surface area contributed by atoms with Gasteiger partial charge in [0.1, 0.15) is 11.3 Å². The molecular formula is C23H15N3O4. The Morgan fingerprint density at radius 1 is 1.00 bits per heavy atom. The van der Waals surface area contributed by atoms with E-state index in [9.17, 15) is 9.59 Å². The lowest BCUT2D eigenvalue weighted by Crippen LogP contribution is -2.15. The van der Waals surface area contributed by atoms with Crippen LogP contribution in [0.25, 0.3) is 21.9 Å². The molecule has 7 nitrogen and oxygen atoms in total. The van der Waals surface area contributed by atoms with Gasteiger partial charge in [0.15, 0.2) is 11.2 Å². The van der Waals surface area contributed by atoms with Crippen molar-refractivity contribution in [3.8, 4) is 11.6 Å². The maximum absolute atomic E-state index is 12.5. The molecule has 3 heterocycles. The Kier molecular flexibility index (Phi) is 4.25. The van der Waals surface area contributed by atoms with Crippen molar-refractivity contribution in [1.82, 2.24) is 9.97 Å². The number of nitrogens with one attached hydrogen (secondary N) is 2. The number of fused-ring (bicyclic) bond motifs is 2. The molecule has 7 heteroatoms. The molecule has 0 fully saturated rings. The summed E-state index contributed by atoms with van der Waals surface area (Å²) in [6, 6.07) is 18.9. The summed E-state index contributed by atoms with van der Waals surface area (Å²) in [6.07, 6.45) is 3.32. The van der Waals surface area contributed by atoms with Gasteiger partial charge < -0.3 is 19.5 Å². The molecule has 0 spiro atoms. The first-order valence-electron chi connectivity index (χ1n) is 9.22. The molecule has 0 saturated heterocycles. The number of rotatable bonds is 4. The highest BCUT2D eigenvalue weighted by Gasteiger charge is 2.13. The Morgan fingerprint density at radius 2 is 1.90 bits per heavy atom. The molecule has 30 heavy (non-hydrogen) atoms. The molecule has 0 aliphatic carbocycles. The van der Waals surface area contributed by atoms with Crippen molar-refractivity contribution in [2.75, 3.05) is 5.32 Å². The van der Waals surface area contributed by atoms with E-state index in [1.54, 1.807) is 36.4 Å². The fraction of sp³-hybridized carbons (Fsp3) is 0. The summed E-state index contributed by atoms with van der Waals surface area (Å²) in [4.78, 5) is 32.0. The summed E-state index contributed by atoms with van der Waals surface area (Å²) in [5.41, 5.74) is 1.50. The van der Waals surface area contributed by atoms with Gasteiger partial charge in [-0.15, -0.1) is 0 Å². The third-order valence-electron chi connectivity index (χ3n) is 4.62. The van der Waals surface area contributed by atoms with E-state index in [2.05, 4.69) is 15.3 Å². The summed E-state index contributed by atoms with van der Waals surface area (Å²) in [7, 11) is 0. The minimum atomic E-state index is -0.537. The second-order valence-corrected chi connectivity index (χ2v) is 6.61. The Morgan fingerprint density at radius 3 is 2.77 bits per heavy atom. The number of ether oxygens (including phenoxy) is 1. The van der Waals surface area contributed by atoms with Crippen LogP contribution in [0.5, 0.6) is 11.6 Å². The average Bonchev–Trinajstić information content (AvgIpc) is 3.25. The number of H-pyrrole nitrogens is 1. The van der Waals surface area contributed by atoms with Gasteiger partial charge in [-0.05, 0) is 36.4 Å². The number of hydrogen-bond acceptors (Lipinski definition) is 5. The summed E-state index contributed by atoms with van der Waals surface area (Å²) in [5.74, 6) is 0.457. The molecule has 5 aromatic rings. The summed E-state index contributed by atoms with van der Waals surface area (Å²) >= 11 is 0. The number of pyridine rings is 1. The number of nitrogens with zero attached hydrogens (tertiary/aromatic N) is 1. The van der Waals surface area contributed by atoms with Crippen LogP contribution in [0.2, 0.25) is 0 Å². The van der Waals surface area contributed by atoms with Crippen molar-refractivity contribution in [3.05, 3.63) is 95.1 Å². The molecular weight excluding hydrogens is 382 g/mol. The summed E-state index contributed by atoms with van der Waals surface area (Å²) in [6.45, 7) is 0. The van der Waals surface area contributed by atoms with Gasteiger partial charge in [0, 0.05) is 29.2 Å². The number of carbonyl (C=O) groups is 1. The number of hydrogen-bond donors (Lipinski definition) is 2. The van der Waals surface area contributed by atoms with E-state index in [1.807, 2.05) is 30.5 Å². The van der Waals surface area contributed by atoms with Gasteiger partial charge in [-0.2, -0.15) is 0 Å². The highest BCUT2D eigenvalue weighted by molar-refractivity contribution is 6.02. The fourth-order valence-electron chi connectivity index (χ4n) is 3.18. The monoisotopic (exact) mass is 397 g/mol. The lowest BCUT2D eigenvalue weighted by atomic mass is 10.2. The lowest BCUT2D eigenvalue weighted by Gasteiger charge is -2.08. The largest absolute Gasteiger partial charge is 0.451 e. The molecule has 146 valence electrons. The summed E-state index contributed by atoms with van der Waals surface area (Å²) < 4.78 is 11.4. The van der Waals surface area contributed by atoms with Gasteiger partial charge in [0.2, 0.25) is 5.88 Å². The number of amides is 1. The van der Waals surface area contributed by atoms with Crippen molar-refractivity contribution in [2.45, 2.75) is 0 Å². The van der Waals surface area contributed by atoms with Crippen LogP contribution in [0.15, 0.2) is 88.3 Å². The van der Waals surface area contributed by atoms with Crippen LogP contribution in [-0.4, -0.2) is 15.9 Å². The minimum Gasteiger partial charge on any atom is -0.451 e. The number of anilines is 1. The zero-order chi connectivity index (χ0) is 20.5. The predicted octanol–water partition coefficient (Wildman–Crippen LogP) is 4.71. The van der Waals surface area contributed by atoms with E-state index in [1.165, 1.54) is 12.3 Å². The average molecular weight is 397 g/mol. The zero-order valence-corrected chi connectivity index (χ0v) is 15.6. The molecule has 0 aliphatic heterocycles. The normalized spacial score (nSPS) is 10.9. The number of aromatic amines is 1. The first-order valence-corrected chi connectivity index (χ1v) is 9.22. The molecule has 2 aromatic carbocycles. The number of carbonyl (C=O) groups excluding carboxylic acids is 1. The van der Waals surface area contributed by atoms with Gasteiger partial charge in [-0.3, -0.25) is 9.59 Å². The van der Waals surface area contributed by atoms with Crippen molar-refractivity contribution in [2.24, 2.45) is 0 Å². The van der Waals surface area contributed by atoms with Gasteiger partial charge in [0.25, 0.3) is 5.91 Å². The third-order valence-corrected chi connectivity index (χ3v) is 4.62. The van der Waals surface area contributed by atoms with Crippen LogP contribution in [-0.2, 0) is 0 Å². The number of aromatic nitrogens is 2. The zero-order valence-electron chi connectivity index (χ0n) is 15.6. The summed E-state index contributed by atoms with van der Waals surface area (Å²) in [5, 5.41) is 4.04. The van der Waals surface area contributed by atoms with Crippen LogP contribution < -0.4 is 15.5 Å². The quantitative estimate of drug-likeness (QED) is 0.458. The van der Waals surface area contributed by atoms with E-state index in [4.69, 9.17) is 9.15 Å². The van der Waals surface area contributed by atoms with Crippen LogP contribution in [0.4, 0.5) is 5.69 Å². The van der Waals surface area contributed by atoms with E-state index in [0.717, 1.165) is 10.9 Å². The fourth-order valence-corrected chi connectivity index (χ4v) is 3.18. The van der Waals surface area contributed by atoms with E-state index in [0.29, 0.717) is 28.3 Å². The van der Waals surface area contributed by atoms with Gasteiger partial charge >= 0.3 is 0 Å². The highest BCUT2D eigenvalue weighted by Crippen LogP contribution is 2.28. The SMILES string of the molecule is O=C(Nc1ccc(Oc2cccc3[nH]ccc23)nc1)c1cc(=O)c2ccccc2o1. The van der Waals surface area contributed by atoms with E-state index < -0.39 is 5.91 Å². The third kappa shape index (κ3) is 3.29. The van der Waals surface area contributed by atoms with Crippen LogP contribution >= 0.6 is 0 Å². The Hall–Kier alpha value is -4.39. The van der Waals surface area contributed by atoms with Crippen molar-refractivity contribution >= 4 is 33.5 Å². The molecule has 0 bridgehead atoms. The molecule has 0 saturated carbocycles. The standard InChI is InChI=1S/C23H15N3O4/c27-18-12-21(29-20-6-2-1-4-16(18)20)23(28)26-14-8-9-22(25-13-14)30-19-7-3-5-17-15(19)10-11-24-17/h1-13,24H,(H,26,28). The maximum atomic E-state index is 12.5. The first-order chi connectivity index (χ1) is 14.7. The molecule has 0 atom stereocenters. The van der Waals surface area contributed by atoms with Crippen molar-refractivity contribution in [3.63, 3.8) is 0 Å². The van der Waals surface area contributed by atoms with Crippen LogP contribution in [0, 0.1) is 0 Å².